The number of hydrogen-bond donors (Lipinski definition) is 2. The Hall–Kier alpha value is -1.87. The van der Waals surface area contributed by atoms with Crippen LogP contribution in [0.2, 0.25) is 0 Å². The van der Waals surface area contributed by atoms with E-state index >= 15 is 0 Å². The molecule has 0 aliphatic heterocycles. The Kier molecular flexibility index (Phi) is 5.34. The van der Waals surface area contributed by atoms with Crippen LogP contribution in [0.15, 0.2) is 34.0 Å². The molecule has 0 aliphatic carbocycles. The van der Waals surface area contributed by atoms with E-state index in [1.165, 1.54) is 6.07 Å². The van der Waals surface area contributed by atoms with Crippen LogP contribution in [0.25, 0.3) is 10.9 Å². The molecule has 2 N–H and O–H groups in total. The largest absolute Gasteiger partial charge is 0.417 e. The number of rotatable bonds is 6. The zero-order valence-electron chi connectivity index (χ0n) is 12.9. The fourth-order valence-electron chi connectivity index (χ4n) is 2.30. The molecular formula is C15H17F3N2O3S. The summed E-state index contributed by atoms with van der Waals surface area (Å²) in [6.45, 7) is 2.18. The molecule has 5 nitrogen and oxygen atoms in total. The predicted octanol–water partition coefficient (Wildman–Crippen LogP) is 3.02. The van der Waals surface area contributed by atoms with E-state index in [-0.39, 0.29) is 22.3 Å². The topological polar surface area (TPSA) is 79.0 Å². The summed E-state index contributed by atoms with van der Waals surface area (Å²) in [5.74, 6) is 0. The van der Waals surface area contributed by atoms with Crippen LogP contribution in [-0.2, 0) is 16.2 Å². The molecule has 2 rings (SSSR count). The molecule has 24 heavy (non-hydrogen) atoms. The molecule has 132 valence electrons. The Morgan fingerprint density at radius 2 is 1.88 bits per heavy atom. The lowest BCUT2D eigenvalue weighted by Gasteiger charge is -2.12. The summed E-state index contributed by atoms with van der Waals surface area (Å²) in [6, 6.07) is 3.68. The third kappa shape index (κ3) is 4.15. The molecule has 0 atom stereocenters. The summed E-state index contributed by atoms with van der Waals surface area (Å²) in [5.41, 5.74) is -2.13. The van der Waals surface area contributed by atoms with E-state index in [1.54, 1.807) is 0 Å². The monoisotopic (exact) mass is 362 g/mol. The van der Waals surface area contributed by atoms with E-state index in [0.29, 0.717) is 12.5 Å². The molecule has 0 radical (unpaired) electrons. The Morgan fingerprint density at radius 1 is 1.17 bits per heavy atom. The summed E-state index contributed by atoms with van der Waals surface area (Å²) >= 11 is 0. The highest BCUT2D eigenvalue weighted by Gasteiger charge is 2.33. The maximum absolute atomic E-state index is 13.1. The predicted molar refractivity (Wildman–Crippen MR) is 84.3 cm³/mol. The van der Waals surface area contributed by atoms with E-state index in [9.17, 15) is 26.4 Å². The number of aromatic amines is 1. The number of benzene rings is 1. The highest BCUT2D eigenvalue weighted by atomic mass is 32.2. The van der Waals surface area contributed by atoms with E-state index in [2.05, 4.69) is 9.71 Å². The molecule has 0 aliphatic rings. The van der Waals surface area contributed by atoms with Crippen molar-refractivity contribution in [3.63, 3.8) is 0 Å². The van der Waals surface area contributed by atoms with Crippen molar-refractivity contribution in [2.75, 3.05) is 6.54 Å². The van der Waals surface area contributed by atoms with E-state index in [1.807, 2.05) is 6.92 Å². The maximum atomic E-state index is 13.1. The summed E-state index contributed by atoms with van der Waals surface area (Å²) in [5, 5.41) is -0.362. The number of alkyl halides is 3. The van der Waals surface area contributed by atoms with Crippen molar-refractivity contribution < 1.29 is 21.6 Å². The van der Waals surface area contributed by atoms with Gasteiger partial charge in [0.25, 0.3) is 0 Å². The molecule has 1 aromatic heterocycles. The molecule has 0 saturated heterocycles. The summed E-state index contributed by atoms with van der Waals surface area (Å²) in [7, 11) is -3.91. The van der Waals surface area contributed by atoms with Gasteiger partial charge in [-0.3, -0.25) is 4.79 Å². The molecule has 0 spiro atoms. The normalized spacial score (nSPS) is 12.7. The molecule has 0 fully saturated rings. The Balaban J connectivity index is 2.47. The summed E-state index contributed by atoms with van der Waals surface area (Å²) in [4.78, 5) is 13.3. The van der Waals surface area contributed by atoms with Gasteiger partial charge in [0, 0.05) is 23.5 Å². The number of fused-ring (bicyclic) bond motifs is 1. The highest BCUT2D eigenvalue weighted by Crippen LogP contribution is 2.34. The second-order valence-electron chi connectivity index (χ2n) is 5.36. The van der Waals surface area contributed by atoms with Crippen molar-refractivity contribution >= 4 is 20.9 Å². The van der Waals surface area contributed by atoms with Gasteiger partial charge in [-0.1, -0.05) is 19.8 Å². The minimum absolute atomic E-state index is 0.0697. The first-order valence-corrected chi connectivity index (χ1v) is 8.87. The quantitative estimate of drug-likeness (QED) is 0.776. The number of hydrogen-bond acceptors (Lipinski definition) is 3. The van der Waals surface area contributed by atoms with Crippen LogP contribution in [-0.4, -0.2) is 19.9 Å². The van der Waals surface area contributed by atoms with E-state index < -0.39 is 27.3 Å². The lowest BCUT2D eigenvalue weighted by atomic mass is 10.1. The third-order valence-electron chi connectivity index (χ3n) is 3.50. The van der Waals surface area contributed by atoms with Crippen molar-refractivity contribution in [1.82, 2.24) is 9.71 Å². The van der Waals surface area contributed by atoms with Crippen molar-refractivity contribution in [3.8, 4) is 0 Å². The highest BCUT2D eigenvalue weighted by molar-refractivity contribution is 7.89. The lowest BCUT2D eigenvalue weighted by Crippen LogP contribution is -2.25. The molecule has 9 heteroatoms. The van der Waals surface area contributed by atoms with Gasteiger partial charge in [0.15, 0.2) is 0 Å². The molecule has 0 amide bonds. The van der Waals surface area contributed by atoms with Crippen LogP contribution in [0.4, 0.5) is 13.2 Å². The van der Waals surface area contributed by atoms with Crippen molar-refractivity contribution in [2.24, 2.45) is 0 Å². The maximum Gasteiger partial charge on any atom is 0.417 e. The fourth-order valence-corrected chi connectivity index (χ4v) is 3.40. The third-order valence-corrected chi connectivity index (χ3v) is 4.96. The lowest BCUT2D eigenvalue weighted by molar-refractivity contribution is -0.136. The Bertz CT molecular complexity index is 889. The standard InChI is InChI=1S/C15H17F3N2O3S/c1-2-3-4-7-19-24(22,23)10-5-6-13-11(8-10)12(15(16,17)18)9-14(21)20-13/h5-6,8-9,19H,2-4,7H2,1H3,(H,20,21). The van der Waals surface area contributed by atoms with Gasteiger partial charge < -0.3 is 4.98 Å². The number of aromatic nitrogens is 1. The van der Waals surface area contributed by atoms with Crippen molar-refractivity contribution in [1.29, 1.82) is 0 Å². The number of sulfonamides is 1. The second kappa shape index (κ2) is 6.94. The van der Waals surface area contributed by atoms with Gasteiger partial charge in [-0.2, -0.15) is 13.2 Å². The molecule has 1 heterocycles. The first-order valence-electron chi connectivity index (χ1n) is 7.39. The summed E-state index contributed by atoms with van der Waals surface area (Å²) < 4.78 is 66.1. The van der Waals surface area contributed by atoms with Gasteiger partial charge in [0.05, 0.1) is 10.5 Å². The van der Waals surface area contributed by atoms with Gasteiger partial charge in [-0.15, -0.1) is 0 Å². The van der Waals surface area contributed by atoms with Gasteiger partial charge in [-0.05, 0) is 24.6 Å². The second-order valence-corrected chi connectivity index (χ2v) is 7.12. The molecule has 2 aromatic rings. The zero-order chi connectivity index (χ0) is 18.0. The average Bonchev–Trinajstić information content (AvgIpc) is 2.49. The van der Waals surface area contributed by atoms with E-state index in [4.69, 9.17) is 0 Å². The van der Waals surface area contributed by atoms with Crippen molar-refractivity contribution in [3.05, 3.63) is 40.2 Å². The van der Waals surface area contributed by atoms with Gasteiger partial charge >= 0.3 is 6.18 Å². The minimum atomic E-state index is -4.76. The molecular weight excluding hydrogens is 345 g/mol. The van der Waals surface area contributed by atoms with Crippen LogP contribution in [0.5, 0.6) is 0 Å². The van der Waals surface area contributed by atoms with Gasteiger partial charge in [0.2, 0.25) is 15.6 Å². The molecule has 0 saturated carbocycles. The number of pyridine rings is 1. The molecule has 0 unspecified atom stereocenters. The Labute approximate surface area is 136 Å². The van der Waals surface area contributed by atoms with E-state index in [0.717, 1.165) is 25.0 Å². The van der Waals surface area contributed by atoms with Gasteiger partial charge in [0.1, 0.15) is 0 Å². The van der Waals surface area contributed by atoms with Crippen molar-refractivity contribution in [2.45, 2.75) is 37.3 Å². The zero-order valence-corrected chi connectivity index (χ0v) is 13.7. The molecule has 0 bridgehead atoms. The number of H-pyrrole nitrogens is 1. The smallest absolute Gasteiger partial charge is 0.322 e. The first kappa shape index (κ1) is 18.5. The van der Waals surface area contributed by atoms with Crippen LogP contribution in [0.3, 0.4) is 0 Å². The first-order chi connectivity index (χ1) is 11.1. The summed E-state index contributed by atoms with van der Waals surface area (Å²) in [6.07, 6.45) is -2.35. The minimum Gasteiger partial charge on any atom is -0.322 e. The number of halogens is 3. The van der Waals surface area contributed by atoms with Crippen LogP contribution in [0.1, 0.15) is 31.7 Å². The van der Waals surface area contributed by atoms with Crippen LogP contribution >= 0.6 is 0 Å². The molecule has 1 aromatic carbocycles. The van der Waals surface area contributed by atoms with Crippen LogP contribution < -0.4 is 10.3 Å². The average molecular weight is 362 g/mol. The Morgan fingerprint density at radius 3 is 2.50 bits per heavy atom. The van der Waals surface area contributed by atoms with Gasteiger partial charge in [-0.25, -0.2) is 13.1 Å². The SMILES string of the molecule is CCCCCNS(=O)(=O)c1ccc2[nH]c(=O)cc(C(F)(F)F)c2c1. The number of nitrogens with one attached hydrogen (secondary N) is 2. The van der Waals surface area contributed by atoms with Crippen LogP contribution in [0, 0.1) is 0 Å². The number of unbranched alkanes of at least 4 members (excludes halogenated alkanes) is 2. The fraction of sp³-hybridized carbons (Fsp3) is 0.400.